The topological polar surface area (TPSA) is 73.4 Å². The van der Waals surface area contributed by atoms with Gasteiger partial charge in [0, 0.05) is 29.9 Å². The molecule has 6 nitrogen and oxygen atoms in total. The van der Waals surface area contributed by atoms with Gasteiger partial charge in [-0.3, -0.25) is 9.89 Å². The molecule has 0 aliphatic carbocycles. The third kappa shape index (κ3) is 4.28. The second-order valence-corrected chi connectivity index (χ2v) is 6.40. The second kappa shape index (κ2) is 8.99. The Labute approximate surface area is 165 Å². The highest BCUT2D eigenvalue weighted by Gasteiger charge is 2.16. The van der Waals surface area contributed by atoms with Gasteiger partial charge < -0.3 is 4.90 Å². The largest absolute Gasteiger partial charge is 0.372 e. The minimum atomic E-state index is -0.316. The van der Waals surface area contributed by atoms with E-state index in [4.69, 9.17) is 0 Å². The number of hydrogen-bond acceptors (Lipinski definition) is 4. The fourth-order valence-corrected chi connectivity index (χ4v) is 3.08. The lowest BCUT2D eigenvalue weighted by atomic mass is 10.1. The number of hydrogen-bond donors (Lipinski definition) is 2. The highest BCUT2D eigenvalue weighted by molar-refractivity contribution is 5.96. The summed E-state index contributed by atoms with van der Waals surface area (Å²) in [4.78, 5) is 14.7. The maximum atomic E-state index is 12.4. The van der Waals surface area contributed by atoms with Gasteiger partial charge in [0.25, 0.3) is 5.91 Å². The van der Waals surface area contributed by atoms with Gasteiger partial charge >= 0.3 is 0 Å². The maximum Gasteiger partial charge on any atom is 0.289 e. The zero-order chi connectivity index (χ0) is 19.9. The van der Waals surface area contributed by atoms with Crippen LogP contribution in [0.5, 0.6) is 0 Å². The molecule has 0 saturated carbocycles. The molecule has 28 heavy (non-hydrogen) atoms. The van der Waals surface area contributed by atoms with Gasteiger partial charge in [-0.25, -0.2) is 5.43 Å². The summed E-state index contributed by atoms with van der Waals surface area (Å²) in [5, 5.41) is 11.2. The standard InChI is InChI=1S/C22H25N5O/c1-4-27(5-2)19-13-11-17(12-14-19)15-23-26-22(28)21-16(3)20(24-25-21)18-9-7-6-8-10-18/h6-15H,4-5H2,1-3H3,(H,24,25)(H,26,28). The van der Waals surface area contributed by atoms with Crippen molar-refractivity contribution in [3.63, 3.8) is 0 Å². The number of anilines is 1. The number of amides is 1. The number of H-pyrrole nitrogens is 1. The third-order valence-electron chi connectivity index (χ3n) is 4.69. The molecule has 0 unspecified atom stereocenters. The van der Waals surface area contributed by atoms with Crippen LogP contribution >= 0.6 is 0 Å². The highest BCUT2D eigenvalue weighted by Crippen LogP contribution is 2.22. The molecule has 1 heterocycles. The van der Waals surface area contributed by atoms with Gasteiger partial charge in [0.2, 0.25) is 0 Å². The molecule has 3 rings (SSSR count). The van der Waals surface area contributed by atoms with Crippen LogP contribution in [-0.2, 0) is 0 Å². The summed E-state index contributed by atoms with van der Waals surface area (Å²) >= 11 is 0. The number of nitrogens with zero attached hydrogens (tertiary/aromatic N) is 3. The molecule has 0 spiro atoms. The number of hydrazone groups is 1. The maximum absolute atomic E-state index is 12.4. The van der Waals surface area contributed by atoms with Crippen molar-refractivity contribution in [1.82, 2.24) is 15.6 Å². The van der Waals surface area contributed by atoms with Crippen LogP contribution in [-0.4, -0.2) is 35.4 Å². The average molecular weight is 375 g/mol. The Hall–Kier alpha value is -3.41. The van der Waals surface area contributed by atoms with E-state index in [0.29, 0.717) is 5.69 Å². The van der Waals surface area contributed by atoms with E-state index in [9.17, 15) is 4.79 Å². The first-order chi connectivity index (χ1) is 13.6. The van der Waals surface area contributed by atoms with Crippen LogP contribution in [0.15, 0.2) is 59.7 Å². The predicted molar refractivity (Wildman–Crippen MR) is 114 cm³/mol. The number of rotatable bonds is 7. The van der Waals surface area contributed by atoms with E-state index in [-0.39, 0.29) is 5.91 Å². The van der Waals surface area contributed by atoms with Crippen LogP contribution in [0.1, 0.15) is 35.5 Å². The minimum Gasteiger partial charge on any atom is -0.372 e. The number of benzene rings is 2. The number of nitrogens with one attached hydrogen (secondary N) is 2. The van der Waals surface area contributed by atoms with Crippen LogP contribution in [0.2, 0.25) is 0 Å². The van der Waals surface area contributed by atoms with Gasteiger partial charge in [0.05, 0.1) is 11.9 Å². The second-order valence-electron chi connectivity index (χ2n) is 6.40. The molecule has 0 fully saturated rings. The monoisotopic (exact) mass is 375 g/mol. The van der Waals surface area contributed by atoms with E-state index < -0.39 is 0 Å². The molecular formula is C22H25N5O. The van der Waals surface area contributed by atoms with Crippen molar-refractivity contribution in [3.8, 4) is 11.3 Å². The van der Waals surface area contributed by atoms with Crippen molar-refractivity contribution < 1.29 is 4.79 Å². The molecule has 3 aromatic rings. The van der Waals surface area contributed by atoms with E-state index in [1.54, 1.807) is 6.21 Å². The number of carbonyl (C=O) groups is 1. The molecule has 144 valence electrons. The SMILES string of the molecule is CCN(CC)c1ccc(C=NNC(=O)c2[nH]nc(-c3ccccc3)c2C)cc1. The van der Waals surface area contributed by atoms with Crippen LogP contribution in [0.25, 0.3) is 11.3 Å². The highest BCUT2D eigenvalue weighted by atomic mass is 16.2. The number of carbonyl (C=O) groups excluding carboxylic acids is 1. The molecule has 6 heteroatoms. The molecule has 0 aliphatic heterocycles. The lowest BCUT2D eigenvalue weighted by Gasteiger charge is -2.20. The molecule has 0 bridgehead atoms. The molecule has 0 atom stereocenters. The van der Waals surface area contributed by atoms with Gasteiger partial charge in [-0.1, -0.05) is 42.5 Å². The normalized spacial score (nSPS) is 11.0. The average Bonchev–Trinajstić information content (AvgIpc) is 3.12. The lowest BCUT2D eigenvalue weighted by molar-refractivity contribution is 0.0949. The Balaban J connectivity index is 1.65. The first-order valence-electron chi connectivity index (χ1n) is 9.42. The molecule has 0 saturated heterocycles. The predicted octanol–water partition coefficient (Wildman–Crippen LogP) is 4.00. The molecule has 0 radical (unpaired) electrons. The third-order valence-corrected chi connectivity index (χ3v) is 4.69. The molecule has 2 N–H and O–H groups in total. The zero-order valence-electron chi connectivity index (χ0n) is 16.4. The minimum absolute atomic E-state index is 0.316. The Kier molecular flexibility index (Phi) is 6.22. The first kappa shape index (κ1) is 19.4. The summed E-state index contributed by atoms with van der Waals surface area (Å²) in [7, 11) is 0. The number of aromatic nitrogens is 2. The van der Waals surface area contributed by atoms with Gasteiger partial charge in [0.1, 0.15) is 5.69 Å². The van der Waals surface area contributed by atoms with E-state index in [1.807, 2.05) is 49.4 Å². The fraction of sp³-hybridized carbons (Fsp3) is 0.227. The van der Waals surface area contributed by atoms with E-state index >= 15 is 0 Å². The fourth-order valence-electron chi connectivity index (χ4n) is 3.08. The molecular weight excluding hydrogens is 350 g/mol. The summed E-state index contributed by atoms with van der Waals surface area (Å²) in [6.45, 7) is 8.07. The van der Waals surface area contributed by atoms with E-state index in [1.165, 1.54) is 5.69 Å². The van der Waals surface area contributed by atoms with Crippen LogP contribution in [0.3, 0.4) is 0 Å². The quantitative estimate of drug-likeness (QED) is 0.484. The zero-order valence-corrected chi connectivity index (χ0v) is 16.4. The van der Waals surface area contributed by atoms with Crippen molar-refractivity contribution in [1.29, 1.82) is 0 Å². The van der Waals surface area contributed by atoms with Crippen LogP contribution in [0, 0.1) is 6.92 Å². The molecule has 1 amide bonds. The Morgan fingerprint density at radius 3 is 2.43 bits per heavy atom. The summed E-state index contributed by atoms with van der Waals surface area (Å²) in [5.41, 5.74) is 7.59. The van der Waals surface area contributed by atoms with Crippen LogP contribution in [0.4, 0.5) is 5.69 Å². The lowest BCUT2D eigenvalue weighted by Crippen LogP contribution is -2.21. The molecule has 0 aliphatic rings. The smallest absolute Gasteiger partial charge is 0.289 e. The van der Waals surface area contributed by atoms with Crippen molar-refractivity contribution in [2.24, 2.45) is 5.10 Å². The molecule has 1 aromatic heterocycles. The van der Waals surface area contributed by atoms with Gasteiger partial charge in [0.15, 0.2) is 0 Å². The van der Waals surface area contributed by atoms with Gasteiger partial charge in [-0.15, -0.1) is 0 Å². The van der Waals surface area contributed by atoms with Crippen molar-refractivity contribution in [3.05, 3.63) is 71.4 Å². The Morgan fingerprint density at radius 2 is 1.79 bits per heavy atom. The Morgan fingerprint density at radius 1 is 1.11 bits per heavy atom. The Bertz CT molecular complexity index is 941. The number of aromatic amines is 1. The van der Waals surface area contributed by atoms with Gasteiger partial charge in [-0.05, 0) is 38.5 Å². The van der Waals surface area contributed by atoms with E-state index in [2.05, 4.69) is 51.6 Å². The van der Waals surface area contributed by atoms with E-state index in [0.717, 1.165) is 35.5 Å². The van der Waals surface area contributed by atoms with Crippen molar-refractivity contribution in [2.45, 2.75) is 20.8 Å². The summed E-state index contributed by atoms with van der Waals surface area (Å²) < 4.78 is 0. The van der Waals surface area contributed by atoms with Crippen molar-refractivity contribution >= 4 is 17.8 Å². The summed E-state index contributed by atoms with van der Waals surface area (Å²) in [6, 6.07) is 17.8. The summed E-state index contributed by atoms with van der Waals surface area (Å²) in [5.74, 6) is -0.316. The molecule has 2 aromatic carbocycles. The van der Waals surface area contributed by atoms with Crippen molar-refractivity contribution in [2.75, 3.05) is 18.0 Å². The van der Waals surface area contributed by atoms with Crippen LogP contribution < -0.4 is 10.3 Å². The van der Waals surface area contributed by atoms with Gasteiger partial charge in [-0.2, -0.15) is 10.2 Å². The first-order valence-corrected chi connectivity index (χ1v) is 9.42. The summed E-state index contributed by atoms with van der Waals surface area (Å²) in [6.07, 6.45) is 1.63.